The van der Waals surface area contributed by atoms with Gasteiger partial charge in [-0.3, -0.25) is 0 Å². The fraction of sp³-hybridized carbons (Fsp3) is 0.143. The number of halogens is 2. The molecule has 0 aliphatic rings. The first-order valence-electron chi connectivity index (χ1n) is 3.00. The van der Waals surface area contributed by atoms with Crippen LogP contribution in [0.15, 0.2) is 12.1 Å². The molecule has 4 heteroatoms. The first kappa shape index (κ1) is 8.65. The quantitative estimate of drug-likeness (QED) is 0.669. The normalized spacial score (nSPS) is 10.1. The van der Waals surface area contributed by atoms with Crippen molar-refractivity contribution in [2.45, 2.75) is 6.61 Å². The number of benzene rings is 1. The molecule has 0 fully saturated rings. The summed E-state index contributed by atoms with van der Waals surface area (Å²) in [6.45, 7) is -0.192. The van der Waals surface area contributed by atoms with Crippen LogP contribution in [-0.2, 0) is 6.61 Å². The van der Waals surface area contributed by atoms with Crippen LogP contribution in [0.2, 0.25) is 10.0 Å². The van der Waals surface area contributed by atoms with Crippen LogP contribution in [-0.4, -0.2) is 5.11 Å². The van der Waals surface area contributed by atoms with Crippen molar-refractivity contribution in [3.8, 4) is 0 Å². The van der Waals surface area contributed by atoms with Gasteiger partial charge in [-0.15, -0.1) is 0 Å². The molecule has 0 unspecified atom stereocenters. The molecule has 0 saturated carbocycles. The molecule has 0 aliphatic carbocycles. The predicted molar refractivity (Wildman–Crippen MR) is 46.8 cm³/mol. The van der Waals surface area contributed by atoms with Crippen LogP contribution in [0.5, 0.6) is 0 Å². The molecular weight excluding hydrogens is 185 g/mol. The minimum Gasteiger partial charge on any atom is -0.398 e. The van der Waals surface area contributed by atoms with Gasteiger partial charge in [0.1, 0.15) is 0 Å². The van der Waals surface area contributed by atoms with Gasteiger partial charge in [0.25, 0.3) is 0 Å². The maximum absolute atomic E-state index is 8.80. The molecule has 3 N–H and O–H groups in total. The molecule has 60 valence electrons. The van der Waals surface area contributed by atoms with E-state index < -0.39 is 0 Å². The molecule has 0 heterocycles. The van der Waals surface area contributed by atoms with E-state index >= 15 is 0 Å². The van der Waals surface area contributed by atoms with Crippen LogP contribution in [0, 0.1) is 0 Å². The number of aliphatic hydroxyl groups excluding tert-OH is 1. The molecule has 0 amide bonds. The zero-order valence-electron chi connectivity index (χ0n) is 5.64. The summed E-state index contributed by atoms with van der Waals surface area (Å²) in [7, 11) is 0. The molecule has 0 radical (unpaired) electrons. The molecule has 0 saturated heterocycles. The molecule has 0 bridgehead atoms. The van der Waals surface area contributed by atoms with E-state index in [1.165, 1.54) is 0 Å². The van der Waals surface area contributed by atoms with Crippen molar-refractivity contribution in [3.05, 3.63) is 27.7 Å². The molecule has 0 spiro atoms. The second-order valence-electron chi connectivity index (χ2n) is 2.09. The van der Waals surface area contributed by atoms with Crippen LogP contribution in [0.1, 0.15) is 5.56 Å². The molecule has 0 aliphatic heterocycles. The summed E-state index contributed by atoms with van der Waals surface area (Å²) in [5.41, 5.74) is 6.37. The van der Waals surface area contributed by atoms with Crippen molar-refractivity contribution in [1.29, 1.82) is 0 Å². The minimum atomic E-state index is -0.192. The summed E-state index contributed by atoms with van der Waals surface area (Å²) in [6.07, 6.45) is 0. The summed E-state index contributed by atoms with van der Waals surface area (Å²) < 4.78 is 0. The molecular formula is C7H7Cl2NO. The zero-order chi connectivity index (χ0) is 8.43. The molecule has 1 aromatic carbocycles. The molecule has 0 atom stereocenters. The van der Waals surface area contributed by atoms with E-state index in [9.17, 15) is 0 Å². The summed E-state index contributed by atoms with van der Waals surface area (Å²) in [5.74, 6) is 0. The van der Waals surface area contributed by atoms with Crippen molar-refractivity contribution in [2.24, 2.45) is 0 Å². The topological polar surface area (TPSA) is 46.2 Å². The van der Waals surface area contributed by atoms with Gasteiger partial charge in [0.15, 0.2) is 0 Å². The lowest BCUT2D eigenvalue weighted by Gasteiger charge is -2.04. The van der Waals surface area contributed by atoms with Gasteiger partial charge in [-0.2, -0.15) is 0 Å². The Morgan fingerprint density at radius 2 is 2.00 bits per heavy atom. The van der Waals surface area contributed by atoms with E-state index in [0.29, 0.717) is 21.3 Å². The Balaban J connectivity index is 3.29. The van der Waals surface area contributed by atoms with Gasteiger partial charge in [-0.1, -0.05) is 23.2 Å². The SMILES string of the molecule is Nc1ccc(Cl)c(CO)c1Cl. The average molecular weight is 192 g/mol. The maximum Gasteiger partial charge on any atom is 0.0711 e. The summed E-state index contributed by atoms with van der Waals surface area (Å²) in [6, 6.07) is 3.21. The third-order valence-electron chi connectivity index (χ3n) is 1.37. The van der Waals surface area contributed by atoms with Gasteiger partial charge in [-0.25, -0.2) is 0 Å². The average Bonchev–Trinajstić information content (AvgIpc) is 1.99. The van der Waals surface area contributed by atoms with E-state index in [4.69, 9.17) is 34.0 Å². The number of anilines is 1. The monoisotopic (exact) mass is 191 g/mol. The Bertz CT molecular complexity index is 275. The van der Waals surface area contributed by atoms with Gasteiger partial charge in [0, 0.05) is 10.6 Å². The smallest absolute Gasteiger partial charge is 0.0711 e. The Hall–Kier alpha value is -0.440. The van der Waals surface area contributed by atoms with E-state index in [1.807, 2.05) is 0 Å². The fourth-order valence-corrected chi connectivity index (χ4v) is 1.25. The second kappa shape index (κ2) is 3.30. The number of aliphatic hydroxyl groups is 1. The first-order valence-corrected chi connectivity index (χ1v) is 3.75. The standard InChI is InChI=1S/C7H7Cl2NO/c8-5-1-2-6(10)7(9)4(5)3-11/h1-2,11H,3,10H2. The van der Waals surface area contributed by atoms with E-state index in [-0.39, 0.29) is 6.61 Å². The predicted octanol–water partition coefficient (Wildman–Crippen LogP) is 2.07. The van der Waals surface area contributed by atoms with Crippen molar-refractivity contribution in [2.75, 3.05) is 5.73 Å². The molecule has 0 aromatic heterocycles. The largest absolute Gasteiger partial charge is 0.398 e. The first-order chi connectivity index (χ1) is 5.16. The van der Waals surface area contributed by atoms with E-state index in [2.05, 4.69) is 0 Å². The van der Waals surface area contributed by atoms with Gasteiger partial charge in [-0.05, 0) is 12.1 Å². The maximum atomic E-state index is 8.80. The fourth-order valence-electron chi connectivity index (χ4n) is 0.761. The van der Waals surface area contributed by atoms with Gasteiger partial charge in [0.05, 0.1) is 17.3 Å². The van der Waals surface area contributed by atoms with Crippen molar-refractivity contribution in [1.82, 2.24) is 0 Å². The third kappa shape index (κ3) is 1.59. The molecule has 2 nitrogen and oxygen atoms in total. The number of hydrogen-bond donors (Lipinski definition) is 2. The highest BCUT2D eigenvalue weighted by atomic mass is 35.5. The lowest BCUT2D eigenvalue weighted by atomic mass is 10.2. The van der Waals surface area contributed by atoms with Crippen LogP contribution >= 0.6 is 23.2 Å². The van der Waals surface area contributed by atoms with Gasteiger partial charge >= 0.3 is 0 Å². The highest BCUT2D eigenvalue weighted by Gasteiger charge is 2.06. The third-order valence-corrected chi connectivity index (χ3v) is 2.17. The van der Waals surface area contributed by atoms with Gasteiger partial charge in [0.2, 0.25) is 0 Å². The minimum absolute atomic E-state index is 0.192. The number of hydrogen-bond acceptors (Lipinski definition) is 2. The zero-order valence-corrected chi connectivity index (χ0v) is 7.15. The number of nitrogen functional groups attached to an aromatic ring is 1. The van der Waals surface area contributed by atoms with Crippen LogP contribution in [0.4, 0.5) is 5.69 Å². The van der Waals surface area contributed by atoms with Crippen molar-refractivity contribution < 1.29 is 5.11 Å². The molecule has 1 aromatic rings. The Morgan fingerprint density at radius 3 is 2.45 bits per heavy atom. The van der Waals surface area contributed by atoms with E-state index in [0.717, 1.165) is 0 Å². The summed E-state index contributed by atoms with van der Waals surface area (Å²) >= 11 is 11.4. The van der Waals surface area contributed by atoms with Crippen molar-refractivity contribution >= 4 is 28.9 Å². The lowest BCUT2D eigenvalue weighted by Crippen LogP contribution is -1.92. The second-order valence-corrected chi connectivity index (χ2v) is 2.87. The van der Waals surface area contributed by atoms with Gasteiger partial charge < -0.3 is 10.8 Å². The van der Waals surface area contributed by atoms with Crippen molar-refractivity contribution in [3.63, 3.8) is 0 Å². The summed E-state index contributed by atoms with van der Waals surface area (Å²) in [5, 5.41) is 9.57. The van der Waals surface area contributed by atoms with Crippen LogP contribution in [0.3, 0.4) is 0 Å². The Morgan fingerprint density at radius 1 is 1.36 bits per heavy atom. The Labute approximate surface area is 74.5 Å². The summed E-state index contributed by atoms with van der Waals surface area (Å²) in [4.78, 5) is 0. The number of rotatable bonds is 1. The highest BCUT2D eigenvalue weighted by molar-refractivity contribution is 6.37. The highest BCUT2D eigenvalue weighted by Crippen LogP contribution is 2.29. The van der Waals surface area contributed by atoms with Crippen LogP contribution < -0.4 is 5.73 Å². The van der Waals surface area contributed by atoms with Crippen LogP contribution in [0.25, 0.3) is 0 Å². The molecule has 1 rings (SSSR count). The van der Waals surface area contributed by atoms with E-state index in [1.54, 1.807) is 12.1 Å². The molecule has 11 heavy (non-hydrogen) atoms. The lowest BCUT2D eigenvalue weighted by molar-refractivity contribution is 0.282. The number of nitrogens with two attached hydrogens (primary N) is 1. The Kier molecular flexibility index (Phi) is 2.60.